The number of nitrogens with zero attached hydrogens (tertiary/aromatic N) is 1. The van der Waals surface area contributed by atoms with Crippen LogP contribution in [0.1, 0.15) is 6.42 Å². The van der Waals surface area contributed by atoms with Gasteiger partial charge in [0.2, 0.25) is 0 Å². The van der Waals surface area contributed by atoms with Gasteiger partial charge in [-0.2, -0.15) is 0 Å². The first-order chi connectivity index (χ1) is 9.13. The molecule has 0 aromatic heterocycles. The molecule has 0 bridgehead atoms. The molecule has 1 aromatic rings. The first kappa shape index (κ1) is 13.4. The zero-order valence-electron chi connectivity index (χ0n) is 10.5. The van der Waals surface area contributed by atoms with Crippen LogP contribution in [-0.2, 0) is 14.3 Å². The molecule has 6 nitrogen and oxygen atoms in total. The lowest BCUT2D eigenvalue weighted by Crippen LogP contribution is -2.50. The van der Waals surface area contributed by atoms with E-state index in [1.807, 2.05) is 0 Å². The van der Waals surface area contributed by atoms with Crippen molar-refractivity contribution < 1.29 is 24.2 Å². The van der Waals surface area contributed by atoms with Crippen LogP contribution in [0.25, 0.3) is 0 Å². The molecule has 2 rings (SSSR count). The summed E-state index contributed by atoms with van der Waals surface area (Å²) < 4.78 is 10.3. The number of carboxylic acids is 1. The third-order valence-corrected chi connectivity index (χ3v) is 2.92. The fourth-order valence-electron chi connectivity index (χ4n) is 2.14. The van der Waals surface area contributed by atoms with Gasteiger partial charge in [-0.3, -0.25) is 9.59 Å². The normalized spacial score (nSPS) is 19.3. The third kappa shape index (κ3) is 2.85. The average Bonchev–Trinajstić information content (AvgIpc) is 2.38. The summed E-state index contributed by atoms with van der Waals surface area (Å²) in [7, 11) is 1.51. The Hall–Kier alpha value is -2.08. The van der Waals surface area contributed by atoms with Gasteiger partial charge in [0.15, 0.2) is 0 Å². The van der Waals surface area contributed by atoms with Gasteiger partial charge in [-0.25, -0.2) is 0 Å². The number of amides is 1. The second kappa shape index (κ2) is 5.71. The van der Waals surface area contributed by atoms with E-state index in [9.17, 15) is 9.59 Å². The number of hydrogen-bond acceptors (Lipinski definition) is 4. The third-order valence-electron chi connectivity index (χ3n) is 2.92. The number of para-hydroxylation sites is 2. The van der Waals surface area contributed by atoms with Crippen LogP contribution in [0.2, 0.25) is 0 Å². The van der Waals surface area contributed by atoms with Crippen molar-refractivity contribution in [3.63, 3.8) is 0 Å². The smallest absolute Gasteiger partial charge is 0.305 e. The quantitative estimate of drug-likeness (QED) is 0.875. The van der Waals surface area contributed by atoms with Crippen LogP contribution in [0.5, 0.6) is 5.75 Å². The van der Waals surface area contributed by atoms with Crippen molar-refractivity contribution in [2.24, 2.45) is 0 Å². The molecule has 19 heavy (non-hydrogen) atoms. The summed E-state index contributed by atoms with van der Waals surface area (Å²) in [5, 5.41) is 8.92. The Morgan fingerprint density at radius 2 is 2.26 bits per heavy atom. The molecule has 0 saturated carbocycles. The predicted octanol–water partition coefficient (Wildman–Crippen LogP) is 0.902. The molecule has 6 heteroatoms. The Bertz CT molecular complexity index is 488. The number of hydrogen-bond donors (Lipinski definition) is 1. The van der Waals surface area contributed by atoms with Gasteiger partial charge in [0.1, 0.15) is 12.4 Å². The molecule has 0 radical (unpaired) electrons. The Morgan fingerprint density at radius 3 is 2.95 bits per heavy atom. The maximum absolute atomic E-state index is 12.0. The van der Waals surface area contributed by atoms with Crippen LogP contribution >= 0.6 is 0 Å². The molecule has 0 spiro atoms. The maximum atomic E-state index is 12.0. The maximum Gasteiger partial charge on any atom is 0.305 e. The van der Waals surface area contributed by atoms with Crippen LogP contribution in [0.15, 0.2) is 24.3 Å². The van der Waals surface area contributed by atoms with Gasteiger partial charge in [-0.1, -0.05) is 12.1 Å². The summed E-state index contributed by atoms with van der Waals surface area (Å²) in [5.41, 5.74) is 0.574. The van der Waals surface area contributed by atoms with E-state index in [0.717, 1.165) is 0 Å². The molecule has 1 heterocycles. The summed E-state index contributed by atoms with van der Waals surface area (Å²) in [5.74, 6) is -0.696. The fourth-order valence-corrected chi connectivity index (χ4v) is 2.14. The van der Waals surface area contributed by atoms with Gasteiger partial charge in [0.05, 0.1) is 31.9 Å². The molecular weight excluding hydrogens is 250 g/mol. The summed E-state index contributed by atoms with van der Waals surface area (Å²) in [6.07, 6.45) is -0.163. The van der Waals surface area contributed by atoms with Gasteiger partial charge in [0, 0.05) is 0 Å². The first-order valence-corrected chi connectivity index (χ1v) is 5.88. The lowest BCUT2D eigenvalue weighted by molar-refractivity contribution is -0.138. The number of carbonyl (C=O) groups excluding carboxylic acids is 1. The van der Waals surface area contributed by atoms with E-state index in [4.69, 9.17) is 14.6 Å². The van der Waals surface area contributed by atoms with Crippen LogP contribution in [0.4, 0.5) is 5.69 Å². The molecule has 0 aliphatic carbocycles. The minimum atomic E-state index is -0.969. The van der Waals surface area contributed by atoms with E-state index in [2.05, 4.69) is 0 Å². The van der Waals surface area contributed by atoms with Gasteiger partial charge in [0.25, 0.3) is 5.91 Å². The summed E-state index contributed by atoms with van der Waals surface area (Å²) in [4.78, 5) is 24.3. The number of rotatable bonds is 4. The summed E-state index contributed by atoms with van der Waals surface area (Å²) in [6, 6.07) is 6.51. The van der Waals surface area contributed by atoms with Crippen molar-refractivity contribution in [2.45, 2.75) is 12.5 Å². The van der Waals surface area contributed by atoms with Crippen LogP contribution in [0.3, 0.4) is 0 Å². The lowest BCUT2D eigenvalue weighted by Gasteiger charge is -2.35. The predicted molar refractivity (Wildman–Crippen MR) is 67.3 cm³/mol. The van der Waals surface area contributed by atoms with Crippen molar-refractivity contribution in [1.29, 1.82) is 0 Å². The molecule has 1 fully saturated rings. The van der Waals surface area contributed by atoms with Crippen molar-refractivity contribution >= 4 is 17.6 Å². The molecule has 1 atom stereocenters. The monoisotopic (exact) mass is 265 g/mol. The standard InChI is InChI=1S/C13H15NO5/c1-18-11-5-3-2-4-10(11)14-9(6-13(16)17)7-19-8-12(14)15/h2-5,9H,6-8H2,1H3,(H,16,17). The SMILES string of the molecule is COc1ccccc1N1C(=O)COCC1CC(=O)O. The topological polar surface area (TPSA) is 76.1 Å². The molecule has 102 valence electrons. The molecule has 1 aliphatic rings. The molecular formula is C13H15NO5. The number of methoxy groups -OCH3 is 1. The molecule has 1 aromatic carbocycles. The minimum Gasteiger partial charge on any atom is -0.495 e. The van der Waals surface area contributed by atoms with Crippen molar-refractivity contribution in [3.05, 3.63) is 24.3 Å². The van der Waals surface area contributed by atoms with Crippen molar-refractivity contribution in [2.75, 3.05) is 25.2 Å². The fraction of sp³-hybridized carbons (Fsp3) is 0.385. The Labute approximate surface area is 110 Å². The molecule has 1 aliphatic heterocycles. The summed E-state index contributed by atoms with van der Waals surface area (Å²) in [6.45, 7) is 0.157. The van der Waals surface area contributed by atoms with E-state index in [0.29, 0.717) is 11.4 Å². The zero-order valence-corrected chi connectivity index (χ0v) is 10.5. The second-order valence-electron chi connectivity index (χ2n) is 4.20. The van der Waals surface area contributed by atoms with Crippen LogP contribution < -0.4 is 9.64 Å². The molecule has 1 amide bonds. The van der Waals surface area contributed by atoms with E-state index < -0.39 is 12.0 Å². The van der Waals surface area contributed by atoms with Crippen LogP contribution in [-0.4, -0.2) is 43.3 Å². The highest BCUT2D eigenvalue weighted by Crippen LogP contribution is 2.31. The van der Waals surface area contributed by atoms with Gasteiger partial charge in [-0.05, 0) is 12.1 Å². The van der Waals surface area contributed by atoms with E-state index >= 15 is 0 Å². The van der Waals surface area contributed by atoms with Crippen molar-refractivity contribution in [3.8, 4) is 5.75 Å². The second-order valence-corrected chi connectivity index (χ2v) is 4.20. The van der Waals surface area contributed by atoms with E-state index in [1.54, 1.807) is 24.3 Å². The van der Waals surface area contributed by atoms with Gasteiger partial charge in [-0.15, -0.1) is 0 Å². The number of carbonyl (C=O) groups is 2. The lowest BCUT2D eigenvalue weighted by atomic mass is 10.1. The number of anilines is 1. The van der Waals surface area contributed by atoms with Gasteiger partial charge < -0.3 is 19.5 Å². The Morgan fingerprint density at radius 1 is 1.53 bits per heavy atom. The molecule has 1 N–H and O–H groups in total. The van der Waals surface area contributed by atoms with E-state index in [1.165, 1.54) is 12.0 Å². The number of aliphatic carboxylic acids is 1. The highest BCUT2D eigenvalue weighted by Gasteiger charge is 2.33. The van der Waals surface area contributed by atoms with Gasteiger partial charge >= 0.3 is 5.97 Å². The number of carboxylic acid groups (broad SMARTS) is 1. The Kier molecular flexibility index (Phi) is 4.01. The number of ether oxygens (including phenoxy) is 2. The minimum absolute atomic E-state index is 0.0475. The number of morpholine rings is 1. The van der Waals surface area contributed by atoms with E-state index in [-0.39, 0.29) is 25.5 Å². The summed E-state index contributed by atoms with van der Waals surface area (Å²) >= 11 is 0. The highest BCUT2D eigenvalue weighted by molar-refractivity contribution is 5.97. The number of benzene rings is 1. The highest BCUT2D eigenvalue weighted by atomic mass is 16.5. The average molecular weight is 265 g/mol. The van der Waals surface area contributed by atoms with Crippen LogP contribution in [0, 0.1) is 0 Å². The molecule has 1 unspecified atom stereocenters. The van der Waals surface area contributed by atoms with Crippen molar-refractivity contribution in [1.82, 2.24) is 0 Å². The molecule has 1 saturated heterocycles. The zero-order chi connectivity index (χ0) is 13.8. The Balaban J connectivity index is 2.35. The largest absolute Gasteiger partial charge is 0.495 e. The first-order valence-electron chi connectivity index (χ1n) is 5.88.